The SMILES string of the molecule is CCCCOc1ccc(C(=O)N2CCN(c3nc4ccc(OCC)cc4s3)CC2)cc1. The summed E-state index contributed by atoms with van der Waals surface area (Å²) in [7, 11) is 0. The summed E-state index contributed by atoms with van der Waals surface area (Å²) in [6.07, 6.45) is 2.14. The number of thiazole rings is 1. The Balaban J connectivity index is 1.35. The van der Waals surface area contributed by atoms with Gasteiger partial charge in [0.25, 0.3) is 5.91 Å². The Morgan fingerprint density at radius 2 is 1.74 bits per heavy atom. The van der Waals surface area contributed by atoms with Crippen molar-refractivity contribution < 1.29 is 14.3 Å². The lowest BCUT2D eigenvalue weighted by Gasteiger charge is -2.34. The van der Waals surface area contributed by atoms with Gasteiger partial charge in [-0.25, -0.2) is 4.98 Å². The first kappa shape index (κ1) is 21.4. The molecule has 1 fully saturated rings. The zero-order valence-electron chi connectivity index (χ0n) is 18.2. The van der Waals surface area contributed by atoms with Crippen LogP contribution in [0.5, 0.6) is 11.5 Å². The second-order valence-electron chi connectivity index (χ2n) is 7.56. The van der Waals surface area contributed by atoms with Crippen molar-refractivity contribution >= 4 is 32.6 Å². The first-order valence-corrected chi connectivity index (χ1v) is 11.8. The molecule has 2 heterocycles. The predicted octanol–water partition coefficient (Wildman–Crippen LogP) is 4.84. The molecule has 1 aliphatic rings. The van der Waals surface area contributed by atoms with Crippen molar-refractivity contribution in [2.75, 3.05) is 44.3 Å². The van der Waals surface area contributed by atoms with E-state index in [9.17, 15) is 4.79 Å². The number of ether oxygens (including phenoxy) is 2. The number of carbonyl (C=O) groups is 1. The van der Waals surface area contributed by atoms with Crippen molar-refractivity contribution in [3.05, 3.63) is 48.0 Å². The van der Waals surface area contributed by atoms with E-state index in [4.69, 9.17) is 14.5 Å². The molecule has 0 aliphatic carbocycles. The van der Waals surface area contributed by atoms with E-state index >= 15 is 0 Å². The summed E-state index contributed by atoms with van der Waals surface area (Å²) in [6, 6.07) is 13.5. The van der Waals surface area contributed by atoms with Crippen molar-refractivity contribution in [1.82, 2.24) is 9.88 Å². The number of piperazine rings is 1. The number of unbranched alkanes of at least 4 members (excludes halogenated alkanes) is 1. The molecule has 0 spiro atoms. The highest BCUT2D eigenvalue weighted by Gasteiger charge is 2.24. The van der Waals surface area contributed by atoms with Crippen LogP contribution in [0.3, 0.4) is 0 Å². The van der Waals surface area contributed by atoms with E-state index in [2.05, 4.69) is 17.9 Å². The number of aromatic nitrogens is 1. The Morgan fingerprint density at radius 1 is 1.00 bits per heavy atom. The number of nitrogens with zero attached hydrogens (tertiary/aromatic N) is 3. The van der Waals surface area contributed by atoms with Gasteiger partial charge in [0.1, 0.15) is 11.5 Å². The number of fused-ring (bicyclic) bond motifs is 1. The summed E-state index contributed by atoms with van der Waals surface area (Å²) in [5, 5.41) is 1.00. The largest absolute Gasteiger partial charge is 0.494 e. The number of amides is 1. The summed E-state index contributed by atoms with van der Waals surface area (Å²) in [5.74, 6) is 1.77. The van der Waals surface area contributed by atoms with Crippen molar-refractivity contribution in [2.24, 2.45) is 0 Å². The number of benzene rings is 2. The average molecular weight is 440 g/mol. The van der Waals surface area contributed by atoms with Gasteiger partial charge in [-0.1, -0.05) is 24.7 Å². The van der Waals surface area contributed by atoms with Crippen LogP contribution in [0, 0.1) is 0 Å². The van der Waals surface area contributed by atoms with Gasteiger partial charge < -0.3 is 19.3 Å². The second-order valence-corrected chi connectivity index (χ2v) is 8.57. The van der Waals surface area contributed by atoms with Crippen molar-refractivity contribution in [2.45, 2.75) is 26.7 Å². The molecule has 164 valence electrons. The maximum atomic E-state index is 12.9. The predicted molar refractivity (Wildman–Crippen MR) is 126 cm³/mol. The molecular weight excluding hydrogens is 410 g/mol. The molecule has 7 heteroatoms. The molecule has 0 N–H and O–H groups in total. The van der Waals surface area contributed by atoms with Gasteiger partial charge in [0.05, 0.1) is 23.4 Å². The van der Waals surface area contributed by atoms with Crippen molar-refractivity contribution in [3.63, 3.8) is 0 Å². The van der Waals surface area contributed by atoms with Gasteiger partial charge in [-0.3, -0.25) is 4.79 Å². The fourth-order valence-corrected chi connectivity index (χ4v) is 4.64. The smallest absolute Gasteiger partial charge is 0.253 e. The molecule has 0 bridgehead atoms. The molecule has 31 heavy (non-hydrogen) atoms. The van der Waals surface area contributed by atoms with Gasteiger partial charge in [-0.15, -0.1) is 0 Å². The fourth-order valence-electron chi connectivity index (χ4n) is 3.60. The summed E-state index contributed by atoms with van der Waals surface area (Å²) in [4.78, 5) is 21.9. The van der Waals surface area contributed by atoms with Gasteiger partial charge >= 0.3 is 0 Å². The number of hydrogen-bond acceptors (Lipinski definition) is 6. The molecule has 6 nitrogen and oxygen atoms in total. The Bertz CT molecular complexity index is 1010. The van der Waals surface area contributed by atoms with Crippen LogP contribution in [0.15, 0.2) is 42.5 Å². The molecule has 1 saturated heterocycles. The Labute approximate surface area is 187 Å². The fraction of sp³-hybridized carbons (Fsp3) is 0.417. The zero-order valence-corrected chi connectivity index (χ0v) is 19.0. The van der Waals surface area contributed by atoms with Crippen LogP contribution in [-0.4, -0.2) is 55.2 Å². The molecule has 0 saturated carbocycles. The summed E-state index contributed by atoms with van der Waals surface area (Å²) in [6.45, 7) is 8.43. The molecule has 1 amide bonds. The zero-order chi connectivity index (χ0) is 21.6. The van der Waals surface area contributed by atoms with E-state index in [1.165, 1.54) is 0 Å². The van der Waals surface area contributed by atoms with Crippen LogP contribution in [0.4, 0.5) is 5.13 Å². The van der Waals surface area contributed by atoms with E-state index in [-0.39, 0.29) is 5.91 Å². The quantitative estimate of drug-likeness (QED) is 0.470. The number of hydrogen-bond donors (Lipinski definition) is 0. The molecule has 0 radical (unpaired) electrons. The van der Waals surface area contributed by atoms with Gasteiger partial charge in [0, 0.05) is 31.7 Å². The Hall–Kier alpha value is -2.80. The van der Waals surface area contributed by atoms with E-state index in [0.29, 0.717) is 31.9 Å². The van der Waals surface area contributed by atoms with Gasteiger partial charge in [-0.05, 0) is 55.8 Å². The maximum Gasteiger partial charge on any atom is 0.253 e. The monoisotopic (exact) mass is 439 g/mol. The molecule has 1 aliphatic heterocycles. The molecule has 3 aromatic rings. The Morgan fingerprint density at radius 3 is 2.45 bits per heavy atom. The highest BCUT2D eigenvalue weighted by molar-refractivity contribution is 7.22. The number of carbonyl (C=O) groups excluding carboxylic acids is 1. The molecule has 4 rings (SSSR count). The minimum atomic E-state index is 0.0745. The molecule has 0 unspecified atom stereocenters. The highest BCUT2D eigenvalue weighted by Crippen LogP contribution is 2.32. The third-order valence-electron chi connectivity index (χ3n) is 5.36. The third-order valence-corrected chi connectivity index (χ3v) is 6.44. The summed E-state index contributed by atoms with van der Waals surface area (Å²) >= 11 is 1.68. The summed E-state index contributed by atoms with van der Waals surface area (Å²) in [5.41, 5.74) is 1.70. The summed E-state index contributed by atoms with van der Waals surface area (Å²) < 4.78 is 12.4. The van der Waals surface area contributed by atoms with Gasteiger partial charge in [0.2, 0.25) is 0 Å². The van der Waals surface area contributed by atoms with Gasteiger partial charge in [0.15, 0.2) is 5.13 Å². The first-order chi connectivity index (χ1) is 15.2. The molecule has 2 aromatic carbocycles. The lowest BCUT2D eigenvalue weighted by Crippen LogP contribution is -2.48. The number of anilines is 1. The van der Waals surface area contributed by atoms with Crippen molar-refractivity contribution in [3.8, 4) is 11.5 Å². The average Bonchev–Trinajstić information content (AvgIpc) is 3.23. The van der Waals surface area contributed by atoms with E-state index in [0.717, 1.165) is 52.8 Å². The second kappa shape index (κ2) is 10.0. The number of rotatable bonds is 8. The minimum absolute atomic E-state index is 0.0745. The van der Waals surface area contributed by atoms with E-state index in [1.54, 1.807) is 11.3 Å². The molecule has 1 aromatic heterocycles. The standard InChI is InChI=1S/C24H29N3O3S/c1-3-5-16-30-19-8-6-18(7-9-19)23(28)26-12-14-27(15-13-26)24-25-21-11-10-20(29-4-2)17-22(21)31-24/h6-11,17H,3-5,12-16H2,1-2H3. The Kier molecular flexibility index (Phi) is 6.92. The van der Waals surface area contributed by atoms with E-state index in [1.807, 2.05) is 48.2 Å². The topological polar surface area (TPSA) is 54.9 Å². The normalized spacial score (nSPS) is 14.1. The lowest BCUT2D eigenvalue weighted by molar-refractivity contribution is 0.0746. The van der Waals surface area contributed by atoms with Crippen LogP contribution in [0.25, 0.3) is 10.2 Å². The first-order valence-electron chi connectivity index (χ1n) is 11.0. The third kappa shape index (κ3) is 5.10. The lowest BCUT2D eigenvalue weighted by atomic mass is 10.1. The minimum Gasteiger partial charge on any atom is -0.494 e. The van der Waals surface area contributed by atoms with Crippen LogP contribution in [0.2, 0.25) is 0 Å². The van der Waals surface area contributed by atoms with E-state index < -0.39 is 0 Å². The molecule has 0 atom stereocenters. The van der Waals surface area contributed by atoms with Crippen LogP contribution in [-0.2, 0) is 0 Å². The van der Waals surface area contributed by atoms with Gasteiger partial charge in [-0.2, -0.15) is 0 Å². The molecular formula is C24H29N3O3S. The van der Waals surface area contributed by atoms with Crippen LogP contribution >= 0.6 is 11.3 Å². The van der Waals surface area contributed by atoms with Crippen LogP contribution < -0.4 is 14.4 Å². The van der Waals surface area contributed by atoms with Crippen LogP contribution in [0.1, 0.15) is 37.0 Å². The highest BCUT2D eigenvalue weighted by atomic mass is 32.1. The van der Waals surface area contributed by atoms with Crippen molar-refractivity contribution in [1.29, 1.82) is 0 Å². The maximum absolute atomic E-state index is 12.9.